The number of aromatic nitrogens is 4. The highest BCUT2D eigenvalue weighted by Gasteiger charge is 2.86. The Labute approximate surface area is 729 Å². The first-order valence-electron chi connectivity index (χ1n) is 41.0. The van der Waals surface area contributed by atoms with Gasteiger partial charge in [0.1, 0.15) is 17.0 Å². The number of pyridine rings is 2. The number of rotatable bonds is 15. The molecule has 20 aromatic rings. The summed E-state index contributed by atoms with van der Waals surface area (Å²) in [5.41, 5.74) is 14.2. The van der Waals surface area contributed by atoms with Crippen LogP contribution < -0.4 is 41.5 Å². The highest BCUT2D eigenvalue weighted by Crippen LogP contribution is 2.56. The van der Waals surface area contributed by atoms with Crippen molar-refractivity contribution in [2.75, 3.05) is 0 Å². The maximum Gasteiger partial charge on any atom is 0.494 e. The minimum Gasteiger partial charge on any atom is -0.399 e. The zero-order chi connectivity index (χ0) is 89.1. The third kappa shape index (κ3) is 14.3. The van der Waals surface area contributed by atoms with Gasteiger partial charge in [0.05, 0.1) is 44.3 Å². The summed E-state index contributed by atoms with van der Waals surface area (Å²) in [6, 6.07) is 120. The van der Waals surface area contributed by atoms with E-state index in [4.69, 9.17) is 19.3 Å². The van der Waals surface area contributed by atoms with Gasteiger partial charge < -0.3 is 22.6 Å². The van der Waals surface area contributed by atoms with Crippen LogP contribution in [0.5, 0.6) is 5.75 Å². The molecule has 1 aliphatic rings. The molecule has 0 unspecified atom stereocenters. The van der Waals surface area contributed by atoms with E-state index in [2.05, 4.69) is 223 Å². The Morgan fingerprint density at radius 1 is 0.320 bits per heavy atom. The van der Waals surface area contributed by atoms with E-state index in [-0.39, 0.29) is 11.2 Å². The number of hydrogen-bond acceptors (Lipinski definition) is 9. The second kappa shape index (κ2) is 31.8. The lowest BCUT2D eigenvalue weighted by Gasteiger charge is -2.32. The maximum atomic E-state index is 14.9. The maximum absolute atomic E-state index is 14.9. The first kappa shape index (κ1) is 84.1. The van der Waals surface area contributed by atoms with E-state index in [1.807, 2.05) is 84.9 Å². The molecular weight excluding hydrogens is 1690 g/mol. The van der Waals surface area contributed by atoms with E-state index in [0.717, 1.165) is 128 Å². The van der Waals surface area contributed by atoms with E-state index in [1.165, 1.54) is 27.1 Å². The number of hydrogen-bond donors (Lipinski definition) is 0. The van der Waals surface area contributed by atoms with Crippen molar-refractivity contribution in [3.8, 4) is 39.1 Å². The molecule has 0 amide bonds. The fraction of sp³-hybridized carbons (Fsp3) is 0.0962. The molecule has 0 bridgehead atoms. The van der Waals surface area contributed by atoms with Gasteiger partial charge in [0.15, 0.2) is 14.3 Å². The first-order valence-corrected chi connectivity index (χ1v) is 45.8. The van der Waals surface area contributed by atoms with Gasteiger partial charge in [-0.1, -0.05) is 297 Å². The molecule has 24 heteroatoms. The second-order valence-electron chi connectivity index (χ2n) is 32.6. The molecule has 0 N–H and O–H groups in total. The van der Waals surface area contributed by atoms with Crippen LogP contribution in [0.2, 0.25) is 0 Å². The fourth-order valence-electron chi connectivity index (χ4n) is 16.9. The SMILES string of the molecule is CC1(C)OB(c2ccc3c4ccccc4n4c5ccccc5nc4c3c2)OC1(C)C.O=P(c1ccccc1)(c1ccccc1)c1ccc2cc(-c3ccc(-c4ccc5c6ccccc6n6c7ccccc7nc6c5c4)cc3)ccc2c1.O=P(c1ccccc1)(c1ccccc1)c1ccc2cc(-c3ccc(OS(=O)(=O)C(F)(F)C(F)(F)C(F)(F)C(F)(F)F)cc3)ccc2c1. The molecule has 634 valence electrons. The molecule has 0 spiro atoms. The van der Waals surface area contributed by atoms with Crippen LogP contribution in [-0.2, 0) is 28.6 Å². The minimum atomic E-state index is -7.40. The lowest BCUT2D eigenvalue weighted by molar-refractivity contribution is -0.382. The molecule has 128 heavy (non-hydrogen) atoms. The van der Waals surface area contributed by atoms with Gasteiger partial charge in [-0.05, 0) is 178 Å². The molecule has 4 aromatic heterocycles. The Hall–Kier alpha value is -13.5. The highest BCUT2D eigenvalue weighted by molar-refractivity contribution is 7.88. The molecule has 21 rings (SSSR count). The number of imidazole rings is 2. The number of halogens is 9. The van der Waals surface area contributed by atoms with E-state index in [9.17, 15) is 57.1 Å². The van der Waals surface area contributed by atoms with Crippen molar-refractivity contribution in [1.82, 2.24) is 18.8 Å². The summed E-state index contributed by atoms with van der Waals surface area (Å²) >= 11 is 0. The van der Waals surface area contributed by atoms with Gasteiger partial charge in [0, 0.05) is 53.4 Å². The van der Waals surface area contributed by atoms with Gasteiger partial charge in [0.25, 0.3) is 0 Å². The molecule has 0 saturated carbocycles. The van der Waals surface area contributed by atoms with Crippen LogP contribution in [0.15, 0.2) is 376 Å². The summed E-state index contributed by atoms with van der Waals surface area (Å²) in [4.78, 5) is 10.1. The normalized spacial score (nSPS) is 14.0. The second-order valence-corrected chi connectivity index (χ2v) is 39.7. The number of para-hydroxylation sites is 6. The summed E-state index contributed by atoms with van der Waals surface area (Å²) in [7, 11) is -13.8. The molecule has 0 aliphatic carbocycles. The van der Waals surface area contributed by atoms with Crippen LogP contribution in [0, 0.1) is 0 Å². The quantitative estimate of drug-likeness (QED) is 0.0324. The molecule has 11 nitrogen and oxygen atoms in total. The monoisotopic (exact) mass is 1770 g/mol. The fourth-order valence-corrected chi connectivity index (χ4v) is 23.1. The summed E-state index contributed by atoms with van der Waals surface area (Å²) in [5.74, 6) is -15.9. The van der Waals surface area contributed by atoms with E-state index >= 15 is 0 Å². The predicted octanol–water partition coefficient (Wildman–Crippen LogP) is 24.3. The average Bonchev–Trinajstić information content (AvgIpc) is 1.53. The van der Waals surface area contributed by atoms with Gasteiger partial charge in [-0.15, -0.1) is 0 Å². The largest absolute Gasteiger partial charge is 0.494 e. The number of alkyl halides is 9. The number of nitrogens with zero attached hydrogens (tertiary/aromatic N) is 4. The van der Waals surface area contributed by atoms with Crippen molar-refractivity contribution < 1.29 is 70.6 Å². The molecule has 16 aromatic carbocycles. The molecule has 0 radical (unpaired) electrons. The predicted molar refractivity (Wildman–Crippen MR) is 498 cm³/mol. The van der Waals surface area contributed by atoms with Crippen molar-refractivity contribution in [2.45, 2.75) is 62.2 Å². The highest BCUT2D eigenvalue weighted by atomic mass is 32.2. The van der Waals surface area contributed by atoms with Gasteiger partial charge in [-0.2, -0.15) is 47.9 Å². The molecular formula is C104H74BF9N4O7P2S. The topological polar surface area (TPSA) is 131 Å². The molecule has 1 fully saturated rings. The van der Waals surface area contributed by atoms with Crippen LogP contribution >= 0.6 is 14.3 Å². The average molecular weight is 1770 g/mol. The van der Waals surface area contributed by atoms with Crippen molar-refractivity contribution in [1.29, 1.82) is 0 Å². The smallest absolute Gasteiger partial charge is 0.399 e. The summed E-state index contributed by atoms with van der Waals surface area (Å²) in [6.45, 7) is 8.34. The van der Waals surface area contributed by atoms with Crippen molar-refractivity contribution in [3.05, 3.63) is 376 Å². The first-order chi connectivity index (χ1) is 61.3. The molecule has 1 aliphatic heterocycles. The standard InChI is InChI=1S/C47H31N2OP.C32H20F9O4PS.C25H23BN2O2/c50-51(38-11-3-1-4-12-38,39-13-5-2-6-14-39)40-27-25-35-29-34(23-24-36(35)30-40)32-19-21-33(22-20-32)37-26-28-41-42-15-7-9-17-45(42)49-46-18-10-8-16-44(46)48-47(49)43(41)31-37;33-29(34,31(37,38)39)30(35,36)32(40,41)47(43,44)45-25-16-13-21(14-17-25)22-11-12-24-20-28(18-15-23(24)19-22)46(42,26-7-3-1-4-8-26)27-9-5-2-6-10-27;1-24(2)25(3,4)30-26(29-24)16-13-14-17-18-9-5-7-11-21(18)28-22-12-8-6-10-20(22)27-23(28)19(17)15-16/h1-31H;1-20H;5-15H,1-4H3. The van der Waals surface area contributed by atoms with Crippen LogP contribution in [0.4, 0.5) is 39.5 Å². The van der Waals surface area contributed by atoms with Crippen molar-refractivity contribution >= 4 is 167 Å². The lowest BCUT2D eigenvalue weighted by atomic mass is 9.78. The zero-order valence-electron chi connectivity index (χ0n) is 68.7. The third-order valence-electron chi connectivity index (χ3n) is 24.3. The minimum absolute atomic E-state index is 0.334. The Kier molecular flexibility index (Phi) is 20.9. The Morgan fingerprint density at radius 3 is 1.06 bits per heavy atom. The van der Waals surface area contributed by atoms with Gasteiger partial charge in [0.2, 0.25) is 0 Å². The van der Waals surface area contributed by atoms with Gasteiger partial charge in [-0.3, -0.25) is 8.80 Å². The molecule has 5 heterocycles. The molecule has 0 atom stereocenters. The van der Waals surface area contributed by atoms with E-state index in [1.54, 1.807) is 84.9 Å². The van der Waals surface area contributed by atoms with Crippen LogP contribution in [-0.4, -0.2) is 68.8 Å². The van der Waals surface area contributed by atoms with Crippen molar-refractivity contribution in [3.63, 3.8) is 0 Å². The Morgan fingerprint density at radius 2 is 0.648 bits per heavy atom. The summed E-state index contributed by atoms with van der Waals surface area (Å²) in [6.07, 6.45) is -7.19. The van der Waals surface area contributed by atoms with Crippen molar-refractivity contribution in [2.24, 2.45) is 0 Å². The van der Waals surface area contributed by atoms with Gasteiger partial charge >= 0.3 is 40.5 Å². The Balaban J connectivity index is 0.000000129. The molecule has 1 saturated heterocycles. The van der Waals surface area contributed by atoms with Crippen LogP contribution in [0.3, 0.4) is 0 Å². The zero-order valence-corrected chi connectivity index (χ0v) is 71.3. The van der Waals surface area contributed by atoms with E-state index < -0.39 is 60.5 Å². The lowest BCUT2D eigenvalue weighted by Crippen LogP contribution is -2.63. The third-order valence-corrected chi connectivity index (χ3v) is 31.7. The number of fused-ring (bicyclic) bond motifs is 18. The van der Waals surface area contributed by atoms with Gasteiger partial charge in [-0.25, -0.2) is 9.97 Å². The van der Waals surface area contributed by atoms with E-state index in [0.29, 0.717) is 37.8 Å². The Bertz CT molecular complexity index is 7890. The van der Waals surface area contributed by atoms with Crippen LogP contribution in [0.25, 0.3) is 132 Å². The summed E-state index contributed by atoms with van der Waals surface area (Å²) < 4.78 is 193. The van der Waals surface area contributed by atoms with Crippen LogP contribution in [0.1, 0.15) is 27.7 Å². The summed E-state index contributed by atoms with van der Waals surface area (Å²) in [5, 5.41) is 8.01. The number of benzene rings is 16.